The molecular weight excluding hydrogens is 363 g/mol. The van der Waals surface area contributed by atoms with E-state index < -0.39 is 17.4 Å². The molecular formula is C20H21FN4O3. The van der Waals surface area contributed by atoms with Crippen molar-refractivity contribution in [3.05, 3.63) is 65.2 Å². The van der Waals surface area contributed by atoms with Gasteiger partial charge in [-0.25, -0.2) is 8.91 Å². The molecule has 28 heavy (non-hydrogen) atoms. The lowest BCUT2D eigenvalue weighted by atomic mass is 10.0. The Bertz CT molecular complexity index is 1060. The molecule has 3 N–H and O–H groups in total. The molecule has 7 nitrogen and oxygen atoms in total. The molecule has 0 radical (unpaired) electrons. The Labute approximate surface area is 161 Å². The number of ether oxygens (including phenoxy) is 1. The molecule has 0 saturated carbocycles. The minimum Gasteiger partial charge on any atom is -0.489 e. The van der Waals surface area contributed by atoms with E-state index in [1.807, 2.05) is 0 Å². The molecule has 0 bridgehead atoms. The van der Waals surface area contributed by atoms with Gasteiger partial charge in [-0.15, -0.1) is 0 Å². The maximum atomic E-state index is 13.8. The van der Waals surface area contributed by atoms with Gasteiger partial charge in [0.2, 0.25) is 5.91 Å². The molecule has 0 aliphatic heterocycles. The highest BCUT2D eigenvalue weighted by atomic mass is 19.1. The molecule has 1 aromatic carbocycles. The van der Waals surface area contributed by atoms with Gasteiger partial charge in [0.25, 0.3) is 5.91 Å². The second-order valence-corrected chi connectivity index (χ2v) is 6.98. The summed E-state index contributed by atoms with van der Waals surface area (Å²) in [5.74, 6) is -1.01. The van der Waals surface area contributed by atoms with Crippen LogP contribution in [0.1, 0.15) is 35.5 Å². The first-order chi connectivity index (χ1) is 13.2. The summed E-state index contributed by atoms with van der Waals surface area (Å²) in [6, 6.07) is 9.67. The topological polar surface area (TPSA) is 98.7 Å². The summed E-state index contributed by atoms with van der Waals surface area (Å²) in [5, 5.41) is 6.93. The second kappa shape index (κ2) is 7.30. The van der Waals surface area contributed by atoms with Crippen LogP contribution in [-0.2, 0) is 11.4 Å². The van der Waals surface area contributed by atoms with Crippen molar-refractivity contribution in [1.29, 1.82) is 0 Å². The number of rotatable bonds is 6. The molecule has 0 fully saturated rings. The number of primary amides is 1. The zero-order chi connectivity index (χ0) is 20.5. The summed E-state index contributed by atoms with van der Waals surface area (Å²) < 4.78 is 21.0. The van der Waals surface area contributed by atoms with Gasteiger partial charge < -0.3 is 15.8 Å². The number of halogens is 1. The maximum Gasteiger partial charge on any atom is 0.256 e. The van der Waals surface area contributed by atoms with Crippen molar-refractivity contribution in [2.75, 3.05) is 0 Å². The largest absolute Gasteiger partial charge is 0.489 e. The van der Waals surface area contributed by atoms with Crippen LogP contribution in [0.25, 0.3) is 5.52 Å². The Kier molecular flexibility index (Phi) is 5.04. The van der Waals surface area contributed by atoms with Crippen molar-refractivity contribution in [1.82, 2.24) is 14.9 Å². The fourth-order valence-electron chi connectivity index (χ4n) is 2.70. The van der Waals surface area contributed by atoms with Gasteiger partial charge in [0.1, 0.15) is 23.7 Å². The van der Waals surface area contributed by atoms with Gasteiger partial charge >= 0.3 is 0 Å². The van der Waals surface area contributed by atoms with E-state index >= 15 is 0 Å². The van der Waals surface area contributed by atoms with Crippen molar-refractivity contribution >= 4 is 17.3 Å². The van der Waals surface area contributed by atoms with E-state index in [0.29, 0.717) is 28.1 Å². The monoisotopic (exact) mass is 384 g/mol. The molecule has 146 valence electrons. The van der Waals surface area contributed by atoms with Crippen LogP contribution in [0.5, 0.6) is 5.75 Å². The number of nitrogens with two attached hydrogens (primary N) is 1. The normalized spacial score (nSPS) is 11.4. The number of fused-ring (bicyclic) bond motifs is 1. The van der Waals surface area contributed by atoms with Crippen molar-refractivity contribution in [2.45, 2.75) is 32.9 Å². The molecule has 0 spiro atoms. The fourth-order valence-corrected chi connectivity index (χ4v) is 2.70. The summed E-state index contributed by atoms with van der Waals surface area (Å²) in [4.78, 5) is 24.2. The zero-order valence-electron chi connectivity index (χ0n) is 15.8. The first-order valence-electron chi connectivity index (χ1n) is 8.66. The molecule has 3 aromatic rings. The molecule has 0 unspecified atom stereocenters. The lowest BCUT2D eigenvalue weighted by molar-refractivity contribution is -0.122. The summed E-state index contributed by atoms with van der Waals surface area (Å²) in [7, 11) is 0. The molecule has 0 aliphatic rings. The van der Waals surface area contributed by atoms with Gasteiger partial charge in [0, 0.05) is 17.8 Å². The molecule has 2 heterocycles. The van der Waals surface area contributed by atoms with Crippen LogP contribution in [0.3, 0.4) is 0 Å². The Hall–Kier alpha value is -3.42. The van der Waals surface area contributed by atoms with E-state index in [-0.39, 0.29) is 12.4 Å². The van der Waals surface area contributed by atoms with Crippen molar-refractivity contribution in [3.8, 4) is 5.75 Å². The quantitative estimate of drug-likeness (QED) is 0.681. The first kappa shape index (κ1) is 19.3. The van der Waals surface area contributed by atoms with Crippen LogP contribution in [-0.4, -0.2) is 27.0 Å². The van der Waals surface area contributed by atoms with Crippen LogP contribution < -0.4 is 15.8 Å². The second-order valence-electron chi connectivity index (χ2n) is 6.98. The van der Waals surface area contributed by atoms with Crippen LogP contribution in [0.2, 0.25) is 0 Å². The third-order valence-corrected chi connectivity index (χ3v) is 4.40. The minimum absolute atomic E-state index is 0.0478. The molecule has 8 heteroatoms. The van der Waals surface area contributed by atoms with E-state index in [0.717, 1.165) is 0 Å². The predicted octanol–water partition coefficient (Wildman–Crippen LogP) is 2.35. The zero-order valence-corrected chi connectivity index (χ0v) is 15.8. The first-order valence-corrected chi connectivity index (χ1v) is 8.66. The minimum atomic E-state index is -1.21. The summed E-state index contributed by atoms with van der Waals surface area (Å²) >= 11 is 0. The van der Waals surface area contributed by atoms with Gasteiger partial charge in [-0.1, -0.05) is 18.2 Å². The fraction of sp³-hybridized carbons (Fsp3) is 0.250. The number of hydrogen-bond donors (Lipinski definition) is 2. The number of amides is 2. The number of carbonyl (C=O) groups is 2. The summed E-state index contributed by atoms with van der Waals surface area (Å²) in [6.45, 7) is 4.79. The number of hydrogen-bond acceptors (Lipinski definition) is 4. The third-order valence-electron chi connectivity index (χ3n) is 4.40. The van der Waals surface area contributed by atoms with E-state index in [1.54, 1.807) is 43.5 Å². The maximum absolute atomic E-state index is 13.8. The van der Waals surface area contributed by atoms with Crippen molar-refractivity contribution in [2.24, 2.45) is 5.73 Å². The van der Waals surface area contributed by atoms with E-state index in [9.17, 15) is 14.0 Å². The predicted molar refractivity (Wildman–Crippen MR) is 101 cm³/mol. The van der Waals surface area contributed by atoms with E-state index in [4.69, 9.17) is 10.5 Å². The summed E-state index contributed by atoms with van der Waals surface area (Å²) in [5.41, 5.74) is 5.84. The number of carbonyl (C=O) groups excluding carboxylic acids is 2. The van der Waals surface area contributed by atoms with Crippen LogP contribution in [0.4, 0.5) is 4.39 Å². The number of nitrogens with one attached hydrogen (secondary N) is 1. The summed E-state index contributed by atoms with van der Waals surface area (Å²) in [6.07, 6.45) is 1.65. The Balaban J connectivity index is 1.89. The third kappa shape index (κ3) is 3.80. The van der Waals surface area contributed by atoms with Crippen LogP contribution in [0.15, 0.2) is 42.6 Å². The SMILES string of the molecule is Cc1nn2ccc(OCc3ccccc3F)cc2c1C(=O)NC(C)(C)C(N)=O. The highest BCUT2D eigenvalue weighted by Crippen LogP contribution is 2.22. The lowest BCUT2D eigenvalue weighted by Gasteiger charge is -2.22. The van der Waals surface area contributed by atoms with Gasteiger partial charge in [-0.3, -0.25) is 9.59 Å². The molecule has 0 saturated heterocycles. The number of aryl methyl sites for hydroxylation is 1. The number of aromatic nitrogens is 2. The van der Waals surface area contributed by atoms with Crippen molar-refractivity contribution in [3.63, 3.8) is 0 Å². The van der Waals surface area contributed by atoms with Gasteiger partial charge in [0.05, 0.1) is 16.8 Å². The van der Waals surface area contributed by atoms with Gasteiger partial charge in [-0.2, -0.15) is 5.10 Å². The molecule has 0 atom stereocenters. The Morgan fingerprint density at radius 2 is 2.00 bits per heavy atom. The van der Waals surface area contributed by atoms with Gasteiger partial charge in [0.15, 0.2) is 0 Å². The molecule has 2 amide bonds. The van der Waals surface area contributed by atoms with Gasteiger partial charge in [-0.05, 0) is 32.9 Å². The molecule has 3 rings (SSSR count). The lowest BCUT2D eigenvalue weighted by Crippen LogP contribution is -2.53. The number of nitrogens with zero attached hydrogens (tertiary/aromatic N) is 2. The Morgan fingerprint density at radius 3 is 2.68 bits per heavy atom. The van der Waals surface area contributed by atoms with E-state index in [1.165, 1.54) is 24.4 Å². The highest BCUT2D eigenvalue weighted by Gasteiger charge is 2.29. The molecule has 2 aromatic heterocycles. The smallest absolute Gasteiger partial charge is 0.256 e. The van der Waals surface area contributed by atoms with Crippen molar-refractivity contribution < 1.29 is 18.7 Å². The Morgan fingerprint density at radius 1 is 1.29 bits per heavy atom. The molecule has 0 aliphatic carbocycles. The van der Waals surface area contributed by atoms with E-state index in [2.05, 4.69) is 10.4 Å². The standard InChI is InChI=1S/C20H21FN4O3/c1-12-17(18(26)23-20(2,3)19(22)27)16-10-14(8-9-25(16)24-12)28-11-13-6-4-5-7-15(13)21/h4-10H,11H2,1-3H3,(H2,22,27)(H,23,26). The number of pyridine rings is 1. The van der Waals surface area contributed by atoms with Crippen LogP contribution in [0, 0.1) is 12.7 Å². The number of benzene rings is 1. The van der Waals surface area contributed by atoms with Crippen LogP contribution >= 0.6 is 0 Å². The average molecular weight is 384 g/mol. The highest BCUT2D eigenvalue weighted by molar-refractivity contribution is 6.04. The average Bonchev–Trinajstić information content (AvgIpc) is 2.95.